The molecule has 62 valence electrons. The van der Waals surface area contributed by atoms with E-state index in [4.69, 9.17) is 4.74 Å². The maximum atomic E-state index is 5.15. The zero-order chi connectivity index (χ0) is 8.10. The van der Waals surface area contributed by atoms with Crippen LogP contribution in [0.25, 0.3) is 0 Å². The van der Waals surface area contributed by atoms with Gasteiger partial charge < -0.3 is 10.1 Å². The number of hydrogen-bond acceptors (Lipinski definition) is 2. The Morgan fingerprint density at radius 1 is 1.55 bits per heavy atom. The van der Waals surface area contributed by atoms with Crippen molar-refractivity contribution in [2.24, 2.45) is 0 Å². The molecule has 0 amide bonds. The van der Waals surface area contributed by atoms with Gasteiger partial charge in [0, 0.05) is 13.2 Å². The summed E-state index contributed by atoms with van der Waals surface area (Å²) in [6.45, 7) is 2.68. The molecule has 2 nitrogen and oxygen atoms in total. The summed E-state index contributed by atoms with van der Waals surface area (Å²) in [4.78, 5) is 0. The molecular weight excluding hydrogens is 138 g/mol. The van der Waals surface area contributed by atoms with Crippen molar-refractivity contribution in [3.05, 3.63) is 0 Å². The standard InChI is InChI=1S/C9H15NO/c1-3-4-5-10-8-6-9(7-8)11-2/h8-10H,5-7H2,1-2H3. The minimum Gasteiger partial charge on any atom is -0.381 e. The smallest absolute Gasteiger partial charge is 0.0601 e. The van der Waals surface area contributed by atoms with Crippen LogP contribution in [0.4, 0.5) is 0 Å². The highest BCUT2D eigenvalue weighted by Crippen LogP contribution is 2.21. The second-order valence-corrected chi connectivity index (χ2v) is 2.83. The fourth-order valence-corrected chi connectivity index (χ4v) is 1.21. The summed E-state index contributed by atoms with van der Waals surface area (Å²) in [6.07, 6.45) is 2.77. The monoisotopic (exact) mass is 153 g/mol. The Morgan fingerprint density at radius 2 is 2.27 bits per heavy atom. The van der Waals surface area contributed by atoms with Gasteiger partial charge in [0.2, 0.25) is 0 Å². The summed E-state index contributed by atoms with van der Waals surface area (Å²) in [5, 5.41) is 3.33. The summed E-state index contributed by atoms with van der Waals surface area (Å²) in [5.41, 5.74) is 0. The molecule has 0 radical (unpaired) electrons. The van der Waals surface area contributed by atoms with E-state index < -0.39 is 0 Å². The average Bonchev–Trinajstić information content (AvgIpc) is 1.94. The van der Waals surface area contributed by atoms with Gasteiger partial charge in [0.05, 0.1) is 12.6 Å². The molecule has 0 unspecified atom stereocenters. The summed E-state index contributed by atoms with van der Waals surface area (Å²) in [7, 11) is 1.77. The van der Waals surface area contributed by atoms with Crippen molar-refractivity contribution in [3.8, 4) is 11.8 Å². The lowest BCUT2D eigenvalue weighted by Crippen LogP contribution is -2.45. The van der Waals surface area contributed by atoms with Gasteiger partial charge >= 0.3 is 0 Å². The van der Waals surface area contributed by atoms with E-state index in [9.17, 15) is 0 Å². The molecule has 0 aromatic rings. The summed E-state index contributed by atoms with van der Waals surface area (Å²) in [5.74, 6) is 5.83. The number of ether oxygens (including phenoxy) is 1. The molecule has 0 atom stereocenters. The highest BCUT2D eigenvalue weighted by molar-refractivity contribution is 4.99. The van der Waals surface area contributed by atoms with Gasteiger partial charge in [0.25, 0.3) is 0 Å². The van der Waals surface area contributed by atoms with E-state index >= 15 is 0 Å². The van der Waals surface area contributed by atoms with Crippen molar-refractivity contribution >= 4 is 0 Å². The molecule has 0 aliphatic heterocycles. The summed E-state index contributed by atoms with van der Waals surface area (Å²) in [6, 6.07) is 0.640. The third-order valence-corrected chi connectivity index (χ3v) is 2.08. The van der Waals surface area contributed by atoms with Crippen LogP contribution in [0.3, 0.4) is 0 Å². The SMILES string of the molecule is CC#CCNC1CC(OC)C1. The van der Waals surface area contributed by atoms with Gasteiger partial charge in [-0.25, -0.2) is 0 Å². The number of rotatable bonds is 3. The van der Waals surface area contributed by atoms with Crippen molar-refractivity contribution < 1.29 is 4.74 Å². The molecule has 1 N–H and O–H groups in total. The Kier molecular flexibility index (Phi) is 3.41. The predicted molar refractivity (Wildman–Crippen MR) is 45.3 cm³/mol. The number of hydrogen-bond donors (Lipinski definition) is 1. The van der Waals surface area contributed by atoms with Gasteiger partial charge in [-0.3, -0.25) is 0 Å². The molecule has 1 rings (SSSR count). The Labute approximate surface area is 68.3 Å². The highest BCUT2D eigenvalue weighted by atomic mass is 16.5. The van der Waals surface area contributed by atoms with Crippen molar-refractivity contribution in [1.82, 2.24) is 5.32 Å². The van der Waals surface area contributed by atoms with Gasteiger partial charge in [-0.15, -0.1) is 5.92 Å². The van der Waals surface area contributed by atoms with Gasteiger partial charge in [-0.1, -0.05) is 5.92 Å². The van der Waals surface area contributed by atoms with Crippen LogP contribution in [0.15, 0.2) is 0 Å². The summed E-state index contributed by atoms with van der Waals surface area (Å²) >= 11 is 0. The molecule has 0 heterocycles. The fourth-order valence-electron chi connectivity index (χ4n) is 1.21. The lowest BCUT2D eigenvalue weighted by molar-refractivity contribution is 0.0186. The maximum absolute atomic E-state index is 5.15. The first-order valence-electron chi connectivity index (χ1n) is 4.02. The second-order valence-electron chi connectivity index (χ2n) is 2.83. The highest BCUT2D eigenvalue weighted by Gasteiger charge is 2.27. The fraction of sp³-hybridized carbons (Fsp3) is 0.778. The average molecular weight is 153 g/mol. The summed E-state index contributed by atoms with van der Waals surface area (Å²) < 4.78 is 5.15. The third kappa shape index (κ3) is 2.53. The van der Waals surface area contributed by atoms with E-state index in [0.717, 1.165) is 19.4 Å². The van der Waals surface area contributed by atoms with E-state index in [1.807, 2.05) is 6.92 Å². The minimum atomic E-state index is 0.488. The van der Waals surface area contributed by atoms with Crippen LogP contribution in [-0.2, 0) is 4.74 Å². The molecule has 11 heavy (non-hydrogen) atoms. The molecule has 0 aromatic carbocycles. The lowest BCUT2D eigenvalue weighted by atomic mass is 9.89. The van der Waals surface area contributed by atoms with E-state index in [2.05, 4.69) is 17.2 Å². The number of methoxy groups -OCH3 is 1. The van der Waals surface area contributed by atoms with Crippen LogP contribution < -0.4 is 5.32 Å². The van der Waals surface area contributed by atoms with Crippen molar-refractivity contribution in [2.45, 2.75) is 31.9 Å². The van der Waals surface area contributed by atoms with Gasteiger partial charge in [0.15, 0.2) is 0 Å². The molecule has 1 saturated carbocycles. The first kappa shape index (κ1) is 8.58. The van der Waals surface area contributed by atoms with Crippen molar-refractivity contribution in [1.29, 1.82) is 0 Å². The maximum Gasteiger partial charge on any atom is 0.0601 e. The largest absolute Gasteiger partial charge is 0.381 e. The van der Waals surface area contributed by atoms with Crippen molar-refractivity contribution in [3.63, 3.8) is 0 Å². The minimum absolute atomic E-state index is 0.488. The molecule has 1 fully saturated rings. The van der Waals surface area contributed by atoms with Gasteiger partial charge in [0.1, 0.15) is 0 Å². The molecule has 0 aromatic heterocycles. The molecular formula is C9H15NO. The van der Waals surface area contributed by atoms with Crippen LogP contribution in [0.1, 0.15) is 19.8 Å². The predicted octanol–water partition coefficient (Wildman–Crippen LogP) is 0.777. The third-order valence-electron chi connectivity index (χ3n) is 2.08. The normalized spacial score (nSPS) is 28.5. The number of nitrogens with one attached hydrogen (secondary N) is 1. The zero-order valence-corrected chi connectivity index (χ0v) is 7.18. The van der Waals surface area contributed by atoms with E-state index in [1.54, 1.807) is 7.11 Å². The topological polar surface area (TPSA) is 21.3 Å². The lowest BCUT2D eigenvalue weighted by Gasteiger charge is -2.34. The molecule has 0 spiro atoms. The molecule has 1 aliphatic carbocycles. The molecule has 2 heteroatoms. The van der Waals surface area contributed by atoms with Crippen molar-refractivity contribution in [2.75, 3.05) is 13.7 Å². The molecule has 0 saturated heterocycles. The Bertz CT molecular complexity index is 162. The first-order chi connectivity index (χ1) is 5.36. The van der Waals surface area contributed by atoms with E-state index in [1.165, 1.54) is 0 Å². The van der Waals surface area contributed by atoms with Crippen LogP contribution >= 0.6 is 0 Å². The van der Waals surface area contributed by atoms with Crippen LogP contribution in [0.2, 0.25) is 0 Å². The van der Waals surface area contributed by atoms with E-state index in [0.29, 0.717) is 12.1 Å². The Morgan fingerprint density at radius 3 is 2.82 bits per heavy atom. The first-order valence-corrected chi connectivity index (χ1v) is 4.02. The Balaban J connectivity index is 1.98. The van der Waals surface area contributed by atoms with Crippen LogP contribution in [0, 0.1) is 11.8 Å². The molecule has 0 bridgehead atoms. The van der Waals surface area contributed by atoms with Gasteiger partial charge in [-0.2, -0.15) is 0 Å². The quantitative estimate of drug-likeness (QED) is 0.605. The van der Waals surface area contributed by atoms with E-state index in [-0.39, 0.29) is 0 Å². The zero-order valence-electron chi connectivity index (χ0n) is 7.18. The molecule has 1 aliphatic rings. The van der Waals surface area contributed by atoms with Crippen LogP contribution in [0.5, 0.6) is 0 Å². The van der Waals surface area contributed by atoms with Gasteiger partial charge in [-0.05, 0) is 19.8 Å². The second kappa shape index (κ2) is 4.38. The Hall–Kier alpha value is -0.520. The van der Waals surface area contributed by atoms with Crippen LogP contribution in [-0.4, -0.2) is 25.8 Å².